The van der Waals surface area contributed by atoms with E-state index in [0.29, 0.717) is 5.02 Å². The number of benzene rings is 1. The molecule has 21 heavy (non-hydrogen) atoms. The van der Waals surface area contributed by atoms with Gasteiger partial charge in [-0.2, -0.15) is 0 Å². The Morgan fingerprint density at radius 1 is 1.10 bits per heavy atom. The van der Waals surface area contributed by atoms with Gasteiger partial charge in [-0.1, -0.05) is 30.9 Å². The minimum atomic E-state index is -0.253. The van der Waals surface area contributed by atoms with Crippen molar-refractivity contribution in [1.82, 2.24) is 4.90 Å². The Kier molecular flexibility index (Phi) is 4.53. The highest BCUT2D eigenvalue weighted by Crippen LogP contribution is 2.45. The number of halogens is 2. The summed E-state index contributed by atoms with van der Waals surface area (Å²) in [5, 5.41) is 0.590. The van der Waals surface area contributed by atoms with Gasteiger partial charge in [0.25, 0.3) is 0 Å². The second-order valence-electron chi connectivity index (χ2n) is 6.50. The van der Waals surface area contributed by atoms with Crippen LogP contribution in [0, 0.1) is 5.82 Å². The van der Waals surface area contributed by atoms with Gasteiger partial charge in [0.2, 0.25) is 0 Å². The van der Waals surface area contributed by atoms with Gasteiger partial charge >= 0.3 is 0 Å². The van der Waals surface area contributed by atoms with Crippen LogP contribution in [0.2, 0.25) is 5.02 Å². The summed E-state index contributed by atoms with van der Waals surface area (Å²) in [5.74, 6) is -0.253. The molecule has 1 aliphatic carbocycles. The van der Waals surface area contributed by atoms with E-state index >= 15 is 0 Å². The minimum Gasteiger partial charge on any atom is -0.322 e. The fourth-order valence-electron chi connectivity index (χ4n) is 4.19. The number of likely N-dealkylation sites (tertiary alicyclic amines) is 1. The van der Waals surface area contributed by atoms with Crippen molar-refractivity contribution >= 4 is 11.6 Å². The van der Waals surface area contributed by atoms with Crippen molar-refractivity contribution < 1.29 is 4.39 Å². The molecule has 2 aliphatic rings. The average Bonchev–Trinajstić information content (AvgIpc) is 3.01. The second kappa shape index (κ2) is 6.23. The molecule has 2 nitrogen and oxygen atoms in total. The minimum absolute atomic E-state index is 0.0299. The van der Waals surface area contributed by atoms with Crippen LogP contribution in [0.4, 0.5) is 4.39 Å². The van der Waals surface area contributed by atoms with E-state index in [1.807, 2.05) is 0 Å². The van der Waals surface area contributed by atoms with Gasteiger partial charge in [0, 0.05) is 16.6 Å². The van der Waals surface area contributed by atoms with Gasteiger partial charge in [0.05, 0.1) is 0 Å². The molecule has 0 aromatic heterocycles. The normalized spacial score (nSPS) is 24.1. The van der Waals surface area contributed by atoms with Crippen LogP contribution < -0.4 is 5.73 Å². The lowest BCUT2D eigenvalue weighted by Crippen LogP contribution is -2.55. The quantitative estimate of drug-likeness (QED) is 0.903. The summed E-state index contributed by atoms with van der Waals surface area (Å²) in [6.45, 7) is 2.22. The Morgan fingerprint density at radius 2 is 1.76 bits per heavy atom. The maximum Gasteiger partial charge on any atom is 0.123 e. The van der Waals surface area contributed by atoms with Crippen LogP contribution >= 0.6 is 11.6 Å². The molecule has 1 heterocycles. The molecule has 1 aromatic rings. The summed E-state index contributed by atoms with van der Waals surface area (Å²) in [4.78, 5) is 2.56. The molecule has 1 atom stereocenters. The smallest absolute Gasteiger partial charge is 0.123 e. The molecule has 116 valence electrons. The van der Waals surface area contributed by atoms with Gasteiger partial charge in [-0.15, -0.1) is 0 Å². The molecule has 4 heteroatoms. The maximum absolute atomic E-state index is 13.6. The van der Waals surface area contributed by atoms with Crippen LogP contribution in [0.1, 0.15) is 56.6 Å². The summed E-state index contributed by atoms with van der Waals surface area (Å²) in [6.07, 6.45) is 8.40. The molecule has 0 amide bonds. The third-order valence-corrected chi connectivity index (χ3v) is 5.67. The lowest BCUT2D eigenvalue weighted by Gasteiger charge is -2.47. The van der Waals surface area contributed by atoms with E-state index in [9.17, 15) is 4.39 Å². The number of hydrogen-bond donors (Lipinski definition) is 1. The van der Waals surface area contributed by atoms with E-state index in [4.69, 9.17) is 17.3 Å². The highest BCUT2D eigenvalue weighted by Gasteiger charge is 2.45. The molecule has 2 N–H and O–H groups in total. The second-order valence-corrected chi connectivity index (χ2v) is 6.91. The Morgan fingerprint density at radius 3 is 2.43 bits per heavy atom. The van der Waals surface area contributed by atoms with Gasteiger partial charge in [0.15, 0.2) is 0 Å². The van der Waals surface area contributed by atoms with Crippen LogP contribution in [-0.4, -0.2) is 23.5 Å². The van der Waals surface area contributed by atoms with Crippen LogP contribution in [0.3, 0.4) is 0 Å². The van der Waals surface area contributed by atoms with Gasteiger partial charge in [0.1, 0.15) is 5.82 Å². The number of nitrogens with zero attached hydrogens (tertiary/aromatic N) is 1. The molecule has 1 aromatic carbocycles. The van der Waals surface area contributed by atoms with Crippen molar-refractivity contribution in [2.24, 2.45) is 5.73 Å². The molecular weight excluding hydrogens is 287 g/mol. The number of rotatable bonds is 3. The van der Waals surface area contributed by atoms with Crippen molar-refractivity contribution in [2.45, 2.75) is 56.5 Å². The highest BCUT2D eigenvalue weighted by atomic mass is 35.5. The Bertz CT molecular complexity index is 494. The highest BCUT2D eigenvalue weighted by molar-refractivity contribution is 6.31. The molecule has 3 rings (SSSR count). The Hall–Kier alpha value is -0.640. The van der Waals surface area contributed by atoms with Crippen LogP contribution in [-0.2, 0) is 0 Å². The third-order valence-electron chi connectivity index (χ3n) is 5.33. The van der Waals surface area contributed by atoms with Crippen LogP contribution in [0.5, 0.6) is 0 Å². The van der Waals surface area contributed by atoms with Crippen molar-refractivity contribution in [3.8, 4) is 0 Å². The Balaban J connectivity index is 1.94. The fourth-order valence-corrected chi connectivity index (χ4v) is 4.43. The molecule has 1 unspecified atom stereocenters. The van der Waals surface area contributed by atoms with Crippen molar-refractivity contribution in [2.75, 3.05) is 13.1 Å². The standard InChI is InChI=1S/C17H24ClFN2/c18-15-7-6-13(19)12-14(15)16(20)17(8-2-3-9-17)21-10-4-1-5-11-21/h6-7,12,16H,1-5,8-11,20H2. The maximum atomic E-state index is 13.6. The molecule has 1 saturated heterocycles. The lowest BCUT2D eigenvalue weighted by molar-refractivity contribution is 0.0477. The zero-order chi connectivity index (χ0) is 14.9. The molecule has 0 spiro atoms. The predicted molar refractivity (Wildman–Crippen MR) is 85.0 cm³/mol. The van der Waals surface area contributed by atoms with Gasteiger partial charge in [-0.25, -0.2) is 4.39 Å². The van der Waals surface area contributed by atoms with E-state index in [2.05, 4.69) is 4.90 Å². The SMILES string of the molecule is NC(c1cc(F)ccc1Cl)C1(N2CCCCC2)CCCC1. The van der Waals surface area contributed by atoms with Gasteiger partial charge in [-0.3, -0.25) is 4.90 Å². The van der Waals surface area contributed by atoms with Gasteiger partial charge < -0.3 is 5.73 Å². The molecule has 1 aliphatic heterocycles. The van der Waals surface area contributed by atoms with Crippen LogP contribution in [0.15, 0.2) is 18.2 Å². The third kappa shape index (κ3) is 2.84. The van der Waals surface area contributed by atoms with Crippen molar-refractivity contribution in [1.29, 1.82) is 0 Å². The summed E-state index contributed by atoms with van der Waals surface area (Å²) < 4.78 is 13.6. The first-order chi connectivity index (χ1) is 10.1. The first-order valence-electron chi connectivity index (χ1n) is 8.09. The van der Waals surface area contributed by atoms with Gasteiger partial charge in [-0.05, 0) is 62.5 Å². The van der Waals surface area contributed by atoms with E-state index in [0.717, 1.165) is 31.5 Å². The van der Waals surface area contributed by atoms with Crippen molar-refractivity contribution in [3.05, 3.63) is 34.6 Å². The van der Waals surface area contributed by atoms with Crippen molar-refractivity contribution in [3.63, 3.8) is 0 Å². The Labute approximate surface area is 131 Å². The summed E-state index contributed by atoms with van der Waals surface area (Å²) in [6, 6.07) is 4.35. The summed E-state index contributed by atoms with van der Waals surface area (Å²) in [7, 11) is 0. The molecule has 2 fully saturated rings. The van der Waals surface area contributed by atoms with E-state index in [1.165, 1.54) is 44.2 Å². The van der Waals surface area contributed by atoms with Crippen LogP contribution in [0.25, 0.3) is 0 Å². The average molecular weight is 311 g/mol. The van der Waals surface area contributed by atoms with E-state index in [1.54, 1.807) is 6.07 Å². The number of piperidine rings is 1. The largest absolute Gasteiger partial charge is 0.322 e. The lowest BCUT2D eigenvalue weighted by atomic mass is 9.81. The topological polar surface area (TPSA) is 29.3 Å². The zero-order valence-electron chi connectivity index (χ0n) is 12.5. The molecule has 0 bridgehead atoms. The molecular formula is C17H24ClFN2. The fraction of sp³-hybridized carbons (Fsp3) is 0.647. The molecule has 1 saturated carbocycles. The zero-order valence-corrected chi connectivity index (χ0v) is 13.2. The first kappa shape index (κ1) is 15.3. The molecule has 0 radical (unpaired) electrons. The van der Waals surface area contributed by atoms with E-state index < -0.39 is 0 Å². The number of hydrogen-bond acceptors (Lipinski definition) is 2. The monoisotopic (exact) mass is 310 g/mol. The first-order valence-corrected chi connectivity index (χ1v) is 8.47. The summed E-state index contributed by atoms with van der Waals surface area (Å²) >= 11 is 6.31. The van der Waals surface area contributed by atoms with E-state index in [-0.39, 0.29) is 17.4 Å². The number of nitrogens with two attached hydrogens (primary N) is 1. The summed E-state index contributed by atoms with van der Waals surface area (Å²) in [5.41, 5.74) is 7.38. The predicted octanol–water partition coefficient (Wildman–Crippen LogP) is 4.28.